The lowest BCUT2D eigenvalue weighted by molar-refractivity contribution is 0.0602. The third-order valence-electron chi connectivity index (χ3n) is 1.48. The van der Waals surface area contributed by atoms with Crippen LogP contribution in [-0.2, 0) is 4.74 Å². The van der Waals surface area contributed by atoms with E-state index in [4.69, 9.17) is 0 Å². The SMILES string of the molecule is C=Pc1ccccc1C(=O)OC. The van der Waals surface area contributed by atoms with Crippen molar-refractivity contribution >= 4 is 25.8 Å². The molecule has 0 unspecified atom stereocenters. The third kappa shape index (κ3) is 1.72. The molecule has 0 N–H and O–H groups in total. The maximum absolute atomic E-state index is 11.1. The topological polar surface area (TPSA) is 26.3 Å². The van der Waals surface area contributed by atoms with Crippen molar-refractivity contribution in [2.75, 3.05) is 7.11 Å². The second-order valence-corrected chi connectivity index (χ2v) is 2.96. The van der Waals surface area contributed by atoms with Crippen molar-refractivity contribution in [2.24, 2.45) is 0 Å². The summed E-state index contributed by atoms with van der Waals surface area (Å²) in [4.78, 5) is 11.1. The highest BCUT2D eigenvalue weighted by Gasteiger charge is 2.07. The predicted molar refractivity (Wildman–Crippen MR) is 51.5 cm³/mol. The third-order valence-corrected chi connectivity index (χ3v) is 2.21. The summed E-state index contributed by atoms with van der Waals surface area (Å²) in [6.45, 7) is 0. The largest absolute Gasteiger partial charge is 0.465 e. The highest BCUT2D eigenvalue weighted by Crippen LogP contribution is 2.04. The minimum Gasteiger partial charge on any atom is -0.465 e. The zero-order valence-corrected chi connectivity index (χ0v) is 7.67. The fourth-order valence-corrected chi connectivity index (χ4v) is 1.42. The van der Waals surface area contributed by atoms with Gasteiger partial charge in [0.05, 0.1) is 12.7 Å². The van der Waals surface area contributed by atoms with Gasteiger partial charge in [-0.25, -0.2) is 4.79 Å². The van der Waals surface area contributed by atoms with Crippen LogP contribution in [0.3, 0.4) is 0 Å². The molecule has 0 aliphatic rings. The van der Waals surface area contributed by atoms with E-state index in [2.05, 4.69) is 11.0 Å². The van der Waals surface area contributed by atoms with Crippen LogP contribution in [0.2, 0.25) is 0 Å². The van der Waals surface area contributed by atoms with Gasteiger partial charge in [-0.05, 0) is 12.1 Å². The zero-order valence-electron chi connectivity index (χ0n) is 6.78. The molecule has 1 aromatic rings. The van der Waals surface area contributed by atoms with E-state index in [1.54, 1.807) is 12.1 Å². The smallest absolute Gasteiger partial charge is 0.338 e. The van der Waals surface area contributed by atoms with E-state index >= 15 is 0 Å². The summed E-state index contributed by atoms with van der Waals surface area (Å²) in [5.41, 5.74) is 0.594. The lowest BCUT2D eigenvalue weighted by Gasteiger charge is -2.01. The lowest BCUT2D eigenvalue weighted by Crippen LogP contribution is -2.11. The Morgan fingerprint density at radius 3 is 2.75 bits per heavy atom. The number of hydrogen-bond donors (Lipinski definition) is 0. The maximum Gasteiger partial charge on any atom is 0.338 e. The van der Waals surface area contributed by atoms with Crippen LogP contribution in [0.15, 0.2) is 24.3 Å². The van der Waals surface area contributed by atoms with Gasteiger partial charge < -0.3 is 4.74 Å². The molecule has 0 heterocycles. The molecule has 0 fully saturated rings. The van der Waals surface area contributed by atoms with E-state index < -0.39 is 0 Å². The van der Waals surface area contributed by atoms with Crippen molar-refractivity contribution in [3.05, 3.63) is 29.8 Å². The molecule has 0 bridgehead atoms. The van der Waals surface area contributed by atoms with Crippen molar-refractivity contribution in [1.29, 1.82) is 0 Å². The first-order chi connectivity index (χ1) is 5.79. The van der Waals surface area contributed by atoms with Crippen LogP contribution in [0, 0.1) is 0 Å². The van der Waals surface area contributed by atoms with Crippen LogP contribution in [0.1, 0.15) is 10.4 Å². The fourth-order valence-electron chi connectivity index (χ4n) is 0.894. The zero-order chi connectivity index (χ0) is 8.97. The highest BCUT2D eigenvalue weighted by molar-refractivity contribution is 7.45. The van der Waals surface area contributed by atoms with Gasteiger partial charge in [0.15, 0.2) is 0 Å². The number of carbonyl (C=O) groups excluding carboxylic acids is 1. The molecular weight excluding hydrogens is 171 g/mol. The number of ether oxygens (including phenoxy) is 1. The first-order valence-corrected chi connectivity index (χ1v) is 4.51. The van der Waals surface area contributed by atoms with Gasteiger partial charge in [-0.1, -0.05) is 26.6 Å². The summed E-state index contributed by atoms with van der Waals surface area (Å²) in [7, 11) is 2.21. The van der Waals surface area contributed by atoms with Crippen molar-refractivity contribution in [1.82, 2.24) is 0 Å². The summed E-state index contributed by atoms with van der Waals surface area (Å²) < 4.78 is 4.61. The molecule has 0 aromatic heterocycles. The van der Waals surface area contributed by atoms with Crippen LogP contribution < -0.4 is 5.30 Å². The van der Waals surface area contributed by atoms with Gasteiger partial charge in [0, 0.05) is 5.30 Å². The van der Waals surface area contributed by atoms with Crippen LogP contribution in [0.25, 0.3) is 0 Å². The summed E-state index contributed by atoms with van der Waals surface area (Å²) in [6, 6.07) is 7.28. The van der Waals surface area contributed by atoms with Gasteiger partial charge in [0.1, 0.15) is 0 Å². The minimum atomic E-state index is -0.304. The molecule has 0 spiro atoms. The summed E-state index contributed by atoms with van der Waals surface area (Å²) in [5.74, 6) is -0.304. The quantitative estimate of drug-likeness (QED) is 0.509. The number of esters is 1. The molecule has 1 rings (SSSR count). The standard InChI is InChI=1S/C9H9O2P/c1-11-9(10)7-5-3-4-6-8(7)12-2/h3-6H,2H2,1H3. The van der Waals surface area contributed by atoms with E-state index in [-0.39, 0.29) is 5.97 Å². The van der Waals surface area contributed by atoms with Crippen LogP contribution in [0.4, 0.5) is 0 Å². The van der Waals surface area contributed by atoms with Crippen LogP contribution >= 0.6 is 8.20 Å². The van der Waals surface area contributed by atoms with E-state index in [9.17, 15) is 4.79 Å². The van der Waals surface area contributed by atoms with Gasteiger partial charge in [-0.15, -0.1) is 0 Å². The molecule has 0 aliphatic heterocycles. The van der Waals surface area contributed by atoms with Crippen LogP contribution in [0.5, 0.6) is 0 Å². The van der Waals surface area contributed by atoms with Crippen LogP contribution in [-0.4, -0.2) is 19.4 Å². The Labute approximate surface area is 73.0 Å². The van der Waals surface area contributed by atoms with Crippen molar-refractivity contribution in [3.8, 4) is 0 Å². The molecule has 3 heteroatoms. The molecule has 0 saturated carbocycles. The first-order valence-electron chi connectivity index (χ1n) is 3.43. The van der Waals surface area contributed by atoms with Crippen molar-refractivity contribution in [3.63, 3.8) is 0 Å². The minimum absolute atomic E-state index is 0.304. The number of hydrogen-bond acceptors (Lipinski definition) is 2. The number of methoxy groups -OCH3 is 1. The van der Waals surface area contributed by atoms with E-state index in [1.165, 1.54) is 7.11 Å². The molecular formula is C9H9O2P. The lowest BCUT2D eigenvalue weighted by atomic mass is 10.2. The molecule has 0 atom stereocenters. The van der Waals surface area contributed by atoms with E-state index in [0.29, 0.717) is 5.56 Å². The highest BCUT2D eigenvalue weighted by atomic mass is 31.1. The maximum atomic E-state index is 11.1. The fraction of sp³-hybridized carbons (Fsp3) is 0.111. The molecule has 1 aromatic carbocycles. The van der Waals surface area contributed by atoms with Gasteiger partial charge in [0.25, 0.3) is 0 Å². The molecule has 0 radical (unpaired) electrons. The average molecular weight is 180 g/mol. The van der Waals surface area contributed by atoms with Crippen molar-refractivity contribution < 1.29 is 9.53 Å². The van der Waals surface area contributed by atoms with Gasteiger partial charge in [0.2, 0.25) is 0 Å². The monoisotopic (exact) mass is 180 g/mol. The Morgan fingerprint density at radius 2 is 2.17 bits per heavy atom. The average Bonchev–Trinajstić information content (AvgIpc) is 2.16. The molecule has 62 valence electrons. The summed E-state index contributed by atoms with van der Waals surface area (Å²) >= 11 is 0. The van der Waals surface area contributed by atoms with Gasteiger partial charge in [-0.3, -0.25) is 0 Å². The Hall–Kier alpha value is -1.14. The number of rotatable bonds is 2. The Morgan fingerprint density at radius 1 is 1.50 bits per heavy atom. The molecule has 0 amide bonds. The Balaban J connectivity index is 3.13. The first kappa shape index (κ1) is 8.95. The molecule has 2 nitrogen and oxygen atoms in total. The Bertz CT molecular complexity index is 307. The number of carbonyl (C=O) groups is 1. The summed E-state index contributed by atoms with van der Waals surface area (Å²) in [6.07, 6.45) is 3.70. The molecule has 0 aliphatic carbocycles. The Kier molecular flexibility index (Phi) is 3.01. The normalized spacial score (nSPS) is 9.75. The van der Waals surface area contributed by atoms with Crippen molar-refractivity contribution in [2.45, 2.75) is 0 Å². The number of benzene rings is 1. The second kappa shape index (κ2) is 4.03. The van der Waals surface area contributed by atoms with Gasteiger partial charge >= 0.3 is 5.97 Å². The van der Waals surface area contributed by atoms with E-state index in [1.807, 2.05) is 12.1 Å². The van der Waals surface area contributed by atoms with Gasteiger partial charge in [-0.2, -0.15) is 0 Å². The molecule has 12 heavy (non-hydrogen) atoms. The molecule has 0 saturated heterocycles. The van der Waals surface area contributed by atoms with E-state index in [0.717, 1.165) is 13.5 Å². The predicted octanol–water partition coefficient (Wildman–Crippen LogP) is 1.48. The second-order valence-electron chi connectivity index (χ2n) is 2.17. The summed E-state index contributed by atoms with van der Waals surface area (Å²) in [5, 5.41) is 0.893.